The van der Waals surface area contributed by atoms with Crippen molar-refractivity contribution < 1.29 is 31.5 Å². The Bertz CT molecular complexity index is 477. The van der Waals surface area contributed by atoms with Crippen LogP contribution in [0.25, 0.3) is 0 Å². The van der Waals surface area contributed by atoms with Crippen LogP contribution in [-0.4, -0.2) is 18.0 Å². The van der Waals surface area contributed by atoms with E-state index in [2.05, 4.69) is 4.74 Å². The molecule has 0 saturated heterocycles. The van der Waals surface area contributed by atoms with Gasteiger partial charge in [0.15, 0.2) is 23.3 Å². The number of carbonyl (C=O) groups is 1. The van der Waals surface area contributed by atoms with Gasteiger partial charge in [-0.3, -0.25) is 4.79 Å². The summed E-state index contributed by atoms with van der Waals surface area (Å²) in [5, 5.41) is -1.55. The summed E-state index contributed by atoms with van der Waals surface area (Å²) in [6.07, 6.45) is -0.869. The van der Waals surface area contributed by atoms with E-state index in [1.165, 1.54) is 6.92 Å². The molecule has 0 N–H and O–H groups in total. The molecule has 0 spiro atoms. The van der Waals surface area contributed by atoms with Gasteiger partial charge in [-0.25, -0.2) is 22.0 Å². The molecule has 0 bridgehead atoms. The number of hydrogen-bond donors (Lipinski definition) is 0. The van der Waals surface area contributed by atoms with Crippen LogP contribution in [0.4, 0.5) is 22.0 Å². The molecule has 2 nitrogen and oxygen atoms in total. The number of benzene rings is 1. The Labute approximate surface area is 110 Å². The molecule has 1 aromatic rings. The third-order valence-electron chi connectivity index (χ3n) is 2.23. The molecule has 0 aliphatic carbocycles. The number of hydrogen-bond acceptors (Lipinski definition) is 2. The Kier molecular flexibility index (Phi) is 5.11. The zero-order valence-electron chi connectivity index (χ0n) is 9.58. The quantitative estimate of drug-likeness (QED) is 0.281. The first-order valence-electron chi connectivity index (χ1n) is 5.12. The lowest BCUT2D eigenvalue weighted by Gasteiger charge is -2.11. The summed E-state index contributed by atoms with van der Waals surface area (Å²) in [4.78, 5) is 11.1. The smallest absolute Gasteiger partial charge is 0.324 e. The van der Waals surface area contributed by atoms with Crippen LogP contribution in [0, 0.1) is 29.1 Å². The predicted molar refractivity (Wildman–Crippen MR) is 56.2 cm³/mol. The molecule has 1 aromatic carbocycles. The summed E-state index contributed by atoms with van der Waals surface area (Å²) in [6, 6.07) is 0. The summed E-state index contributed by atoms with van der Waals surface area (Å²) in [7, 11) is 0. The molecule has 0 fully saturated rings. The average Bonchev–Trinajstić information content (AvgIpc) is 2.39. The summed E-state index contributed by atoms with van der Waals surface area (Å²) in [6.45, 7) is 1.44. The van der Waals surface area contributed by atoms with Crippen LogP contribution in [0.1, 0.15) is 12.5 Å². The Balaban J connectivity index is 3.12. The first-order chi connectivity index (χ1) is 8.81. The van der Waals surface area contributed by atoms with Gasteiger partial charge in [0.05, 0.1) is 6.61 Å². The van der Waals surface area contributed by atoms with E-state index in [1.807, 2.05) is 0 Å². The number of rotatable bonds is 4. The molecule has 0 saturated carbocycles. The molecule has 1 unspecified atom stereocenters. The van der Waals surface area contributed by atoms with Crippen LogP contribution in [0.2, 0.25) is 0 Å². The summed E-state index contributed by atoms with van der Waals surface area (Å²) in [5.74, 6) is -11.4. The van der Waals surface area contributed by atoms with Gasteiger partial charge in [-0.05, 0) is 6.92 Å². The van der Waals surface area contributed by atoms with Gasteiger partial charge in [0, 0.05) is 12.0 Å². The van der Waals surface area contributed by atoms with Crippen molar-refractivity contribution >= 4 is 17.6 Å². The monoisotopic (exact) mass is 302 g/mol. The molecule has 8 heteroatoms. The van der Waals surface area contributed by atoms with Crippen molar-refractivity contribution in [1.82, 2.24) is 0 Å². The molecular formula is C11H8ClF5O2. The number of halogens is 6. The third kappa shape index (κ3) is 3.15. The molecule has 106 valence electrons. The highest BCUT2D eigenvalue weighted by atomic mass is 35.5. The van der Waals surface area contributed by atoms with Gasteiger partial charge < -0.3 is 4.74 Å². The maximum Gasteiger partial charge on any atom is 0.324 e. The number of esters is 1. The molecule has 0 aliphatic heterocycles. The zero-order valence-corrected chi connectivity index (χ0v) is 10.3. The third-order valence-corrected chi connectivity index (χ3v) is 2.56. The van der Waals surface area contributed by atoms with E-state index < -0.39 is 52.4 Å². The maximum atomic E-state index is 13.3. The fraction of sp³-hybridized carbons (Fsp3) is 0.364. The van der Waals surface area contributed by atoms with Gasteiger partial charge in [0.2, 0.25) is 5.82 Å². The first kappa shape index (κ1) is 15.7. The minimum atomic E-state index is -2.26. The highest BCUT2D eigenvalue weighted by molar-refractivity contribution is 6.30. The second kappa shape index (κ2) is 6.18. The lowest BCUT2D eigenvalue weighted by molar-refractivity contribution is -0.142. The normalized spacial score (nSPS) is 12.4. The van der Waals surface area contributed by atoms with Crippen molar-refractivity contribution in [2.45, 2.75) is 18.7 Å². The number of carbonyl (C=O) groups excluding carboxylic acids is 1. The number of alkyl halides is 1. The minimum absolute atomic E-state index is 0.0286. The van der Waals surface area contributed by atoms with E-state index >= 15 is 0 Å². The van der Waals surface area contributed by atoms with Crippen LogP contribution >= 0.6 is 11.6 Å². The van der Waals surface area contributed by atoms with Gasteiger partial charge in [-0.1, -0.05) is 0 Å². The van der Waals surface area contributed by atoms with E-state index in [0.717, 1.165) is 0 Å². The molecular weight excluding hydrogens is 295 g/mol. The second-order valence-electron chi connectivity index (χ2n) is 3.47. The van der Waals surface area contributed by atoms with E-state index in [0.29, 0.717) is 0 Å². The predicted octanol–water partition coefficient (Wildman–Crippen LogP) is 3.10. The lowest BCUT2D eigenvalue weighted by atomic mass is 10.1. The summed E-state index contributed by atoms with van der Waals surface area (Å²) < 4.78 is 69.5. The molecule has 19 heavy (non-hydrogen) atoms. The van der Waals surface area contributed by atoms with Crippen molar-refractivity contribution in [2.75, 3.05) is 6.61 Å². The average molecular weight is 303 g/mol. The van der Waals surface area contributed by atoms with Crippen molar-refractivity contribution in [3.8, 4) is 0 Å². The summed E-state index contributed by atoms with van der Waals surface area (Å²) >= 11 is 5.49. The maximum absolute atomic E-state index is 13.3. The van der Waals surface area contributed by atoms with E-state index in [1.54, 1.807) is 0 Å². The van der Waals surface area contributed by atoms with E-state index in [4.69, 9.17) is 11.6 Å². The van der Waals surface area contributed by atoms with Crippen molar-refractivity contribution in [3.05, 3.63) is 34.6 Å². The van der Waals surface area contributed by atoms with Crippen molar-refractivity contribution in [2.24, 2.45) is 0 Å². The molecule has 1 rings (SSSR count). The second-order valence-corrected chi connectivity index (χ2v) is 4.00. The van der Waals surface area contributed by atoms with E-state index in [-0.39, 0.29) is 6.61 Å². The van der Waals surface area contributed by atoms with Crippen LogP contribution < -0.4 is 0 Å². The fourth-order valence-electron chi connectivity index (χ4n) is 1.32. The van der Waals surface area contributed by atoms with Gasteiger partial charge >= 0.3 is 5.97 Å². The van der Waals surface area contributed by atoms with Gasteiger partial charge in [-0.2, -0.15) is 0 Å². The Morgan fingerprint density at radius 1 is 1.05 bits per heavy atom. The molecule has 0 heterocycles. The zero-order chi connectivity index (χ0) is 14.7. The molecule has 0 radical (unpaired) electrons. The van der Waals surface area contributed by atoms with Crippen molar-refractivity contribution in [3.63, 3.8) is 0 Å². The highest BCUT2D eigenvalue weighted by Gasteiger charge is 2.29. The van der Waals surface area contributed by atoms with Crippen LogP contribution in [0.3, 0.4) is 0 Å². The molecule has 0 aliphatic rings. The Hall–Kier alpha value is -1.37. The van der Waals surface area contributed by atoms with E-state index in [9.17, 15) is 26.7 Å². The minimum Gasteiger partial charge on any atom is -0.465 e. The Morgan fingerprint density at radius 2 is 1.47 bits per heavy atom. The SMILES string of the molecule is CCOC(=O)C(Cl)Cc1c(F)c(F)c(F)c(F)c1F. The molecule has 0 amide bonds. The first-order valence-corrected chi connectivity index (χ1v) is 5.55. The van der Waals surface area contributed by atoms with Gasteiger partial charge in [-0.15, -0.1) is 11.6 Å². The topological polar surface area (TPSA) is 26.3 Å². The largest absolute Gasteiger partial charge is 0.465 e. The molecule has 1 atom stereocenters. The highest BCUT2D eigenvalue weighted by Crippen LogP contribution is 2.25. The lowest BCUT2D eigenvalue weighted by Crippen LogP contribution is -2.22. The standard InChI is InChI=1S/C11H8ClF5O2/c1-2-19-11(18)5(12)3-4-6(13)8(15)10(17)9(16)7(4)14/h5H,2-3H2,1H3. The van der Waals surface area contributed by atoms with Crippen LogP contribution in [-0.2, 0) is 16.0 Å². The number of ether oxygens (including phenoxy) is 1. The fourth-order valence-corrected chi connectivity index (χ4v) is 1.54. The van der Waals surface area contributed by atoms with Crippen LogP contribution in [0.5, 0.6) is 0 Å². The Morgan fingerprint density at radius 3 is 1.89 bits per heavy atom. The van der Waals surface area contributed by atoms with Crippen LogP contribution in [0.15, 0.2) is 0 Å². The van der Waals surface area contributed by atoms with Gasteiger partial charge in [0.25, 0.3) is 0 Å². The molecule has 0 aromatic heterocycles. The summed E-state index contributed by atoms with van der Waals surface area (Å²) in [5.41, 5.74) is -1.15. The van der Waals surface area contributed by atoms with Crippen molar-refractivity contribution in [1.29, 1.82) is 0 Å². The van der Waals surface area contributed by atoms with Gasteiger partial charge in [0.1, 0.15) is 5.38 Å².